The molecular weight excluding hydrogens is 192 g/mol. The van der Waals surface area contributed by atoms with Gasteiger partial charge in [-0.2, -0.15) is 0 Å². The van der Waals surface area contributed by atoms with E-state index in [1.54, 1.807) is 0 Å². The van der Waals surface area contributed by atoms with Gasteiger partial charge in [0.25, 0.3) is 0 Å². The molecular formula is C11H20N2O2. The molecule has 2 aliphatic rings. The molecule has 86 valence electrons. The summed E-state index contributed by atoms with van der Waals surface area (Å²) in [6.07, 6.45) is 3.19. The lowest BCUT2D eigenvalue weighted by molar-refractivity contribution is -0.152. The van der Waals surface area contributed by atoms with Gasteiger partial charge < -0.3 is 10.1 Å². The number of ether oxygens (including phenoxy) is 1. The number of esters is 1. The van der Waals surface area contributed by atoms with Gasteiger partial charge in [-0.15, -0.1) is 0 Å². The lowest BCUT2D eigenvalue weighted by atomic mass is 9.89. The van der Waals surface area contributed by atoms with E-state index in [4.69, 9.17) is 4.74 Å². The number of carbonyl (C=O) groups excluding carboxylic acids is 1. The fraction of sp³-hybridized carbons (Fsp3) is 0.909. The highest BCUT2D eigenvalue weighted by atomic mass is 16.5. The van der Waals surface area contributed by atoms with Crippen LogP contribution in [0.25, 0.3) is 0 Å². The first-order valence-corrected chi connectivity index (χ1v) is 5.85. The van der Waals surface area contributed by atoms with Gasteiger partial charge in [0.2, 0.25) is 0 Å². The van der Waals surface area contributed by atoms with Crippen molar-refractivity contribution in [1.82, 2.24) is 10.2 Å². The molecule has 0 amide bonds. The summed E-state index contributed by atoms with van der Waals surface area (Å²) < 4.78 is 5.20. The molecule has 0 aromatic carbocycles. The largest absolute Gasteiger partial charge is 0.465 e. The number of nitrogens with zero attached hydrogens (tertiary/aromatic N) is 1. The second-order valence-corrected chi connectivity index (χ2v) is 4.39. The zero-order valence-electron chi connectivity index (χ0n) is 9.58. The normalized spacial score (nSPS) is 35.5. The van der Waals surface area contributed by atoms with Crippen molar-refractivity contribution in [2.45, 2.75) is 37.8 Å². The standard InChI is InChI=1S/C11H20N2O2/c1-3-15-10(14)11(12-2)6-8-13-7-4-5-9(11)13/h9,12H,3-8H2,1-2H3. The van der Waals surface area contributed by atoms with Gasteiger partial charge in [-0.3, -0.25) is 4.90 Å². The van der Waals surface area contributed by atoms with E-state index in [9.17, 15) is 4.79 Å². The maximum atomic E-state index is 12.0. The van der Waals surface area contributed by atoms with E-state index in [2.05, 4.69) is 10.2 Å². The van der Waals surface area contributed by atoms with Crippen LogP contribution in [0.5, 0.6) is 0 Å². The SMILES string of the molecule is CCOC(=O)C1(NC)CCN2CCCC21. The summed E-state index contributed by atoms with van der Waals surface area (Å²) in [5, 5.41) is 3.22. The maximum absolute atomic E-state index is 12.0. The van der Waals surface area contributed by atoms with E-state index in [1.807, 2.05) is 14.0 Å². The Bertz CT molecular complexity index is 257. The molecule has 2 atom stereocenters. The summed E-state index contributed by atoms with van der Waals surface area (Å²) in [5.41, 5.74) is -0.438. The Morgan fingerprint density at radius 2 is 2.40 bits per heavy atom. The Hall–Kier alpha value is -0.610. The van der Waals surface area contributed by atoms with Crippen LogP contribution in [0.3, 0.4) is 0 Å². The molecule has 4 heteroatoms. The molecule has 2 heterocycles. The summed E-state index contributed by atoms with van der Waals surface area (Å²) in [6, 6.07) is 0.349. The maximum Gasteiger partial charge on any atom is 0.328 e. The van der Waals surface area contributed by atoms with Crippen molar-refractivity contribution >= 4 is 5.97 Å². The van der Waals surface area contributed by atoms with Crippen molar-refractivity contribution in [3.63, 3.8) is 0 Å². The van der Waals surface area contributed by atoms with E-state index in [0.29, 0.717) is 12.6 Å². The third kappa shape index (κ3) is 1.56. The van der Waals surface area contributed by atoms with E-state index >= 15 is 0 Å². The Morgan fingerprint density at radius 1 is 1.60 bits per heavy atom. The zero-order chi connectivity index (χ0) is 10.9. The van der Waals surface area contributed by atoms with Crippen molar-refractivity contribution in [2.24, 2.45) is 0 Å². The van der Waals surface area contributed by atoms with E-state index in [1.165, 1.54) is 6.42 Å². The second-order valence-electron chi connectivity index (χ2n) is 4.39. The first-order valence-electron chi connectivity index (χ1n) is 5.85. The number of fused-ring (bicyclic) bond motifs is 1. The Kier molecular flexibility index (Phi) is 2.98. The number of rotatable bonds is 3. The van der Waals surface area contributed by atoms with E-state index < -0.39 is 5.54 Å². The topological polar surface area (TPSA) is 41.6 Å². The summed E-state index contributed by atoms with van der Waals surface area (Å²) >= 11 is 0. The summed E-state index contributed by atoms with van der Waals surface area (Å²) in [6.45, 7) is 4.48. The molecule has 15 heavy (non-hydrogen) atoms. The first kappa shape index (κ1) is 10.9. The van der Waals surface area contributed by atoms with Crippen LogP contribution in [0, 0.1) is 0 Å². The molecule has 0 bridgehead atoms. The van der Waals surface area contributed by atoms with Gasteiger partial charge in [0.05, 0.1) is 6.61 Å². The predicted molar refractivity (Wildman–Crippen MR) is 57.6 cm³/mol. The van der Waals surface area contributed by atoms with Gasteiger partial charge in [0.1, 0.15) is 5.54 Å². The van der Waals surface area contributed by atoms with Crippen LogP contribution in [-0.2, 0) is 9.53 Å². The quantitative estimate of drug-likeness (QED) is 0.687. The van der Waals surface area contributed by atoms with Crippen molar-refractivity contribution in [2.75, 3.05) is 26.7 Å². The van der Waals surface area contributed by atoms with E-state index in [-0.39, 0.29) is 5.97 Å². The van der Waals surface area contributed by atoms with Gasteiger partial charge in [-0.05, 0) is 39.8 Å². The van der Waals surface area contributed by atoms with Gasteiger partial charge in [0.15, 0.2) is 0 Å². The molecule has 2 unspecified atom stereocenters. The van der Waals surface area contributed by atoms with Crippen LogP contribution in [0.15, 0.2) is 0 Å². The number of likely N-dealkylation sites (N-methyl/N-ethyl adjacent to an activating group) is 1. The third-order valence-corrected chi connectivity index (χ3v) is 3.81. The fourth-order valence-electron chi connectivity index (χ4n) is 3.03. The lowest BCUT2D eigenvalue weighted by Gasteiger charge is -2.32. The van der Waals surface area contributed by atoms with Crippen LogP contribution < -0.4 is 5.32 Å². The third-order valence-electron chi connectivity index (χ3n) is 3.81. The van der Waals surface area contributed by atoms with Crippen molar-refractivity contribution < 1.29 is 9.53 Å². The van der Waals surface area contributed by atoms with Gasteiger partial charge in [0, 0.05) is 12.6 Å². The van der Waals surface area contributed by atoms with Crippen LogP contribution >= 0.6 is 0 Å². The van der Waals surface area contributed by atoms with Crippen molar-refractivity contribution in [1.29, 1.82) is 0 Å². The van der Waals surface area contributed by atoms with Crippen LogP contribution in [0.2, 0.25) is 0 Å². The molecule has 4 nitrogen and oxygen atoms in total. The minimum atomic E-state index is -0.438. The average Bonchev–Trinajstić information content (AvgIpc) is 2.78. The van der Waals surface area contributed by atoms with Crippen molar-refractivity contribution in [3.05, 3.63) is 0 Å². The zero-order valence-corrected chi connectivity index (χ0v) is 9.58. The Labute approximate surface area is 91.0 Å². The minimum absolute atomic E-state index is 0.0677. The smallest absolute Gasteiger partial charge is 0.328 e. The Balaban J connectivity index is 2.17. The molecule has 0 saturated carbocycles. The molecule has 2 saturated heterocycles. The monoisotopic (exact) mass is 212 g/mol. The highest BCUT2D eigenvalue weighted by Crippen LogP contribution is 2.36. The molecule has 2 aliphatic heterocycles. The Morgan fingerprint density at radius 3 is 3.07 bits per heavy atom. The number of carbonyl (C=O) groups is 1. The van der Waals surface area contributed by atoms with Gasteiger partial charge in [-0.25, -0.2) is 4.79 Å². The van der Waals surface area contributed by atoms with E-state index in [0.717, 1.165) is 25.9 Å². The minimum Gasteiger partial charge on any atom is -0.465 e. The molecule has 0 aromatic heterocycles. The highest BCUT2D eigenvalue weighted by Gasteiger charge is 2.54. The van der Waals surface area contributed by atoms with Crippen LogP contribution in [-0.4, -0.2) is 49.2 Å². The molecule has 0 radical (unpaired) electrons. The molecule has 0 aliphatic carbocycles. The lowest BCUT2D eigenvalue weighted by Crippen LogP contribution is -2.58. The van der Waals surface area contributed by atoms with Crippen LogP contribution in [0.1, 0.15) is 26.2 Å². The van der Waals surface area contributed by atoms with Gasteiger partial charge >= 0.3 is 5.97 Å². The van der Waals surface area contributed by atoms with Crippen LogP contribution in [0.4, 0.5) is 0 Å². The molecule has 1 N–H and O–H groups in total. The molecule has 2 fully saturated rings. The summed E-state index contributed by atoms with van der Waals surface area (Å²) in [4.78, 5) is 14.4. The number of hydrogen-bond acceptors (Lipinski definition) is 4. The summed E-state index contributed by atoms with van der Waals surface area (Å²) in [7, 11) is 1.87. The molecule has 0 aromatic rings. The second kappa shape index (κ2) is 4.10. The molecule has 2 rings (SSSR count). The average molecular weight is 212 g/mol. The fourth-order valence-corrected chi connectivity index (χ4v) is 3.03. The molecule has 0 spiro atoms. The predicted octanol–water partition coefficient (Wildman–Crippen LogP) is 0.376. The first-order chi connectivity index (χ1) is 7.24. The summed E-state index contributed by atoms with van der Waals surface area (Å²) in [5.74, 6) is -0.0677. The number of hydrogen-bond donors (Lipinski definition) is 1. The highest BCUT2D eigenvalue weighted by molar-refractivity contribution is 5.82. The number of nitrogens with one attached hydrogen (secondary N) is 1. The van der Waals surface area contributed by atoms with Gasteiger partial charge in [-0.1, -0.05) is 0 Å². The van der Waals surface area contributed by atoms with Crippen molar-refractivity contribution in [3.8, 4) is 0 Å².